The summed E-state index contributed by atoms with van der Waals surface area (Å²) in [5.41, 5.74) is 2.42. The molecule has 1 saturated heterocycles. The predicted octanol–water partition coefficient (Wildman–Crippen LogP) is 4.93. The van der Waals surface area contributed by atoms with Gasteiger partial charge in [-0.25, -0.2) is 13.7 Å². The number of fused-ring (bicyclic) bond motifs is 2. The van der Waals surface area contributed by atoms with Gasteiger partial charge in [0, 0.05) is 16.5 Å². The largest absolute Gasteiger partial charge is 0.325 e. The summed E-state index contributed by atoms with van der Waals surface area (Å²) in [5.74, 6) is -3.98. The second-order valence-electron chi connectivity index (χ2n) is 9.62. The molecule has 7 nitrogen and oxygen atoms in total. The summed E-state index contributed by atoms with van der Waals surface area (Å²) in [5, 5.41) is 2.30. The summed E-state index contributed by atoms with van der Waals surface area (Å²) in [4.78, 5) is 54.7. The molecule has 0 aliphatic carbocycles. The maximum atomic E-state index is 13.8. The molecule has 3 unspecified atom stereocenters. The predicted molar refractivity (Wildman–Crippen MR) is 149 cm³/mol. The van der Waals surface area contributed by atoms with Crippen molar-refractivity contribution in [2.24, 2.45) is 5.92 Å². The van der Waals surface area contributed by atoms with Crippen molar-refractivity contribution in [2.45, 2.75) is 29.7 Å². The van der Waals surface area contributed by atoms with E-state index in [1.165, 1.54) is 53.1 Å². The van der Waals surface area contributed by atoms with E-state index in [0.717, 1.165) is 33.6 Å². The van der Waals surface area contributed by atoms with Gasteiger partial charge in [-0.15, -0.1) is 0 Å². The quantitative estimate of drug-likeness (QED) is 0.340. The van der Waals surface area contributed by atoms with Gasteiger partial charge >= 0.3 is 4.87 Å². The summed E-state index contributed by atoms with van der Waals surface area (Å²) in [7, 11) is 0. The summed E-state index contributed by atoms with van der Waals surface area (Å²) in [6.45, 7) is 1.64. The number of imide groups is 1. The van der Waals surface area contributed by atoms with Crippen LogP contribution < -0.4 is 15.1 Å². The standard InChI is InChI=1S/C29H21F2N3O4S2/c1-15-2-10-19(11-3-15)32-21(35)14-33-28-25(40-29(33)38)22(16-4-6-17(30)7-5-16)23-24(39-28)27(37)34(26(23)36)20-12-8-18(31)9-13-20/h2-13,22-24H,14H2,1H3,(H,32,35). The zero-order chi connectivity index (χ0) is 28.1. The highest BCUT2D eigenvalue weighted by atomic mass is 32.2. The maximum Gasteiger partial charge on any atom is 0.308 e. The molecule has 1 aromatic heterocycles. The maximum absolute atomic E-state index is 13.8. The van der Waals surface area contributed by atoms with Gasteiger partial charge in [0.1, 0.15) is 23.4 Å². The number of nitrogens with zero attached hydrogens (tertiary/aromatic N) is 2. The lowest BCUT2D eigenvalue weighted by Crippen LogP contribution is -2.33. The third-order valence-corrected chi connectivity index (χ3v) is 9.60. The van der Waals surface area contributed by atoms with E-state index in [1.807, 2.05) is 19.1 Å². The van der Waals surface area contributed by atoms with E-state index in [9.17, 15) is 28.0 Å². The molecule has 3 heterocycles. The Bertz CT molecular complexity index is 1700. The first-order chi connectivity index (χ1) is 19.2. The number of hydrogen-bond acceptors (Lipinski definition) is 6. The van der Waals surface area contributed by atoms with Crippen LogP contribution in [-0.2, 0) is 20.9 Å². The van der Waals surface area contributed by atoms with Crippen LogP contribution in [0.25, 0.3) is 0 Å². The van der Waals surface area contributed by atoms with Crippen molar-refractivity contribution in [2.75, 3.05) is 10.2 Å². The Hall–Kier alpha value is -4.09. The Morgan fingerprint density at radius 1 is 0.875 bits per heavy atom. The Morgan fingerprint density at radius 3 is 2.15 bits per heavy atom. The average molecular weight is 578 g/mol. The number of halogens is 2. The van der Waals surface area contributed by atoms with Gasteiger partial charge in [0.05, 0.1) is 16.6 Å². The van der Waals surface area contributed by atoms with Crippen LogP contribution >= 0.6 is 23.1 Å². The van der Waals surface area contributed by atoms with Crippen LogP contribution in [-0.4, -0.2) is 27.5 Å². The third-order valence-electron chi connectivity index (χ3n) is 7.00. The van der Waals surface area contributed by atoms with Crippen molar-refractivity contribution in [3.63, 3.8) is 0 Å². The molecule has 1 N–H and O–H groups in total. The minimum Gasteiger partial charge on any atom is -0.325 e. The molecule has 3 atom stereocenters. The zero-order valence-electron chi connectivity index (χ0n) is 21.0. The van der Waals surface area contributed by atoms with E-state index in [2.05, 4.69) is 5.32 Å². The van der Waals surface area contributed by atoms with Crippen LogP contribution in [0.4, 0.5) is 20.2 Å². The lowest BCUT2D eigenvalue weighted by Gasteiger charge is -2.30. The number of benzene rings is 3. The number of rotatable bonds is 5. The first-order valence-corrected chi connectivity index (χ1v) is 14.1. The van der Waals surface area contributed by atoms with Gasteiger partial charge in [-0.3, -0.25) is 23.7 Å². The highest BCUT2D eigenvalue weighted by Gasteiger charge is 2.56. The summed E-state index contributed by atoms with van der Waals surface area (Å²) < 4.78 is 28.7. The van der Waals surface area contributed by atoms with Crippen molar-refractivity contribution in [3.05, 3.63) is 110 Å². The fraction of sp³-hybridized carbons (Fsp3) is 0.172. The van der Waals surface area contributed by atoms with Crippen molar-refractivity contribution >= 4 is 52.2 Å². The van der Waals surface area contributed by atoms with Crippen LogP contribution in [0.5, 0.6) is 0 Å². The number of carbonyl (C=O) groups excluding carboxylic acids is 3. The van der Waals surface area contributed by atoms with Gasteiger partial charge in [-0.1, -0.05) is 52.9 Å². The number of thiazole rings is 1. The molecule has 1 fully saturated rings. The van der Waals surface area contributed by atoms with Gasteiger partial charge in [-0.2, -0.15) is 0 Å². The Morgan fingerprint density at radius 2 is 1.50 bits per heavy atom. The Balaban J connectivity index is 1.40. The number of nitrogens with one attached hydrogen (secondary N) is 1. The van der Waals surface area contributed by atoms with Gasteiger partial charge in [0.15, 0.2) is 0 Å². The first kappa shape index (κ1) is 26.1. The Labute approximate surface area is 235 Å². The van der Waals surface area contributed by atoms with Crippen molar-refractivity contribution in [3.8, 4) is 0 Å². The van der Waals surface area contributed by atoms with Crippen molar-refractivity contribution in [1.29, 1.82) is 0 Å². The van der Waals surface area contributed by atoms with Crippen LogP contribution in [0, 0.1) is 24.5 Å². The molecule has 2 aliphatic rings. The molecule has 202 valence electrons. The van der Waals surface area contributed by atoms with E-state index in [4.69, 9.17) is 0 Å². The number of thioether (sulfide) groups is 1. The molecule has 0 saturated carbocycles. The van der Waals surface area contributed by atoms with Crippen LogP contribution in [0.1, 0.15) is 21.9 Å². The van der Waals surface area contributed by atoms with Gasteiger partial charge < -0.3 is 5.32 Å². The van der Waals surface area contributed by atoms with E-state index in [0.29, 0.717) is 21.2 Å². The van der Waals surface area contributed by atoms with E-state index >= 15 is 0 Å². The minimum absolute atomic E-state index is 0.238. The lowest BCUT2D eigenvalue weighted by atomic mass is 9.83. The number of hydrogen-bond donors (Lipinski definition) is 1. The van der Waals surface area contributed by atoms with Gasteiger partial charge in [0.25, 0.3) is 0 Å². The summed E-state index contributed by atoms with van der Waals surface area (Å²) in [6.07, 6.45) is 0. The van der Waals surface area contributed by atoms with Gasteiger partial charge in [-0.05, 0) is 61.0 Å². The summed E-state index contributed by atoms with van der Waals surface area (Å²) in [6, 6.07) is 17.9. The number of aromatic nitrogens is 1. The molecule has 0 radical (unpaired) electrons. The second kappa shape index (κ2) is 10.1. The van der Waals surface area contributed by atoms with E-state index in [1.54, 1.807) is 12.1 Å². The number of anilines is 2. The molecular weight excluding hydrogens is 556 g/mol. The fourth-order valence-corrected chi connectivity index (χ4v) is 7.88. The molecule has 0 bridgehead atoms. The van der Waals surface area contributed by atoms with Crippen LogP contribution in [0.2, 0.25) is 0 Å². The monoisotopic (exact) mass is 577 g/mol. The SMILES string of the molecule is Cc1ccc(NC(=O)Cn2c3c(sc2=O)C(c2ccc(F)cc2)C2C(=O)N(c4ccc(F)cc4)C(=O)C2S3)cc1. The fourth-order valence-electron chi connectivity index (χ4n) is 5.11. The second-order valence-corrected chi connectivity index (χ2v) is 11.7. The van der Waals surface area contributed by atoms with E-state index < -0.39 is 51.3 Å². The molecular formula is C29H21F2N3O4S2. The Kier molecular flexibility index (Phi) is 6.63. The van der Waals surface area contributed by atoms with Crippen LogP contribution in [0.15, 0.2) is 82.6 Å². The highest BCUT2D eigenvalue weighted by molar-refractivity contribution is 8.00. The van der Waals surface area contributed by atoms with Crippen LogP contribution in [0.3, 0.4) is 0 Å². The first-order valence-electron chi connectivity index (χ1n) is 12.4. The number of amides is 3. The normalized spacial score (nSPS) is 19.9. The minimum atomic E-state index is -0.902. The molecule has 6 rings (SSSR count). The zero-order valence-corrected chi connectivity index (χ0v) is 22.6. The van der Waals surface area contributed by atoms with Gasteiger partial charge in [0.2, 0.25) is 17.7 Å². The topological polar surface area (TPSA) is 88.5 Å². The number of aryl methyl sites for hydroxylation is 1. The average Bonchev–Trinajstić information content (AvgIpc) is 3.37. The van der Waals surface area contributed by atoms with Crippen molar-refractivity contribution in [1.82, 2.24) is 4.57 Å². The third kappa shape index (κ3) is 4.54. The molecule has 40 heavy (non-hydrogen) atoms. The molecule has 0 spiro atoms. The number of carbonyl (C=O) groups is 3. The lowest BCUT2D eigenvalue weighted by molar-refractivity contribution is -0.122. The molecule has 4 aromatic rings. The molecule has 3 amide bonds. The smallest absolute Gasteiger partial charge is 0.308 e. The molecule has 11 heteroatoms. The van der Waals surface area contributed by atoms with Crippen molar-refractivity contribution < 1.29 is 23.2 Å². The van der Waals surface area contributed by atoms with E-state index in [-0.39, 0.29) is 12.2 Å². The summed E-state index contributed by atoms with van der Waals surface area (Å²) >= 11 is 1.98. The molecule has 3 aromatic carbocycles. The molecule has 2 aliphatic heterocycles. The highest BCUT2D eigenvalue weighted by Crippen LogP contribution is 2.53.